The quantitative estimate of drug-likeness (QED) is 0.752. The van der Waals surface area contributed by atoms with Gasteiger partial charge in [-0.05, 0) is 34.5 Å². The van der Waals surface area contributed by atoms with Crippen molar-refractivity contribution in [3.63, 3.8) is 0 Å². The molecule has 2 N–H and O–H groups in total. The lowest BCUT2D eigenvalue weighted by Gasteiger charge is -2.08. The maximum Gasteiger partial charge on any atom is 0.185 e. The summed E-state index contributed by atoms with van der Waals surface area (Å²) in [5.41, 5.74) is 8.47. The monoisotopic (exact) mass is 299 g/mol. The van der Waals surface area contributed by atoms with Gasteiger partial charge in [-0.25, -0.2) is 4.68 Å². The van der Waals surface area contributed by atoms with Gasteiger partial charge in [-0.2, -0.15) is 0 Å². The first-order valence-electron chi connectivity index (χ1n) is 6.60. The highest BCUT2D eigenvalue weighted by atomic mass is 35.5. The van der Waals surface area contributed by atoms with Gasteiger partial charge in [-0.3, -0.25) is 0 Å². The van der Waals surface area contributed by atoms with Crippen molar-refractivity contribution in [2.24, 2.45) is 0 Å². The van der Waals surface area contributed by atoms with Crippen LogP contribution in [-0.2, 0) is 13.0 Å². The second kappa shape index (κ2) is 5.93. The predicted octanol–water partition coefficient (Wildman–Crippen LogP) is 2.82. The molecule has 0 saturated carbocycles. The van der Waals surface area contributed by atoms with Crippen LogP contribution in [0.4, 0.5) is 5.69 Å². The Morgan fingerprint density at radius 1 is 1.05 bits per heavy atom. The Morgan fingerprint density at radius 3 is 2.62 bits per heavy atom. The summed E-state index contributed by atoms with van der Waals surface area (Å²) >= 11 is 6.22. The van der Waals surface area contributed by atoms with Crippen LogP contribution < -0.4 is 5.73 Å². The molecule has 2 aromatic carbocycles. The van der Waals surface area contributed by atoms with Gasteiger partial charge in [-0.1, -0.05) is 48.0 Å². The van der Waals surface area contributed by atoms with Gasteiger partial charge < -0.3 is 5.73 Å². The molecule has 5 nitrogen and oxygen atoms in total. The zero-order valence-electron chi connectivity index (χ0n) is 11.3. The van der Waals surface area contributed by atoms with Crippen LogP contribution >= 0.6 is 11.6 Å². The minimum Gasteiger partial charge on any atom is -0.398 e. The molecule has 106 valence electrons. The highest BCUT2D eigenvalue weighted by molar-refractivity contribution is 6.33. The van der Waals surface area contributed by atoms with Crippen molar-refractivity contribution in [2.75, 3.05) is 5.73 Å². The van der Waals surface area contributed by atoms with Crippen molar-refractivity contribution in [2.45, 2.75) is 13.0 Å². The highest BCUT2D eigenvalue weighted by Gasteiger charge is 2.15. The molecule has 0 fully saturated rings. The molecule has 0 saturated heterocycles. The van der Waals surface area contributed by atoms with Gasteiger partial charge in [0.25, 0.3) is 0 Å². The third-order valence-electron chi connectivity index (χ3n) is 3.26. The summed E-state index contributed by atoms with van der Waals surface area (Å²) in [5.74, 6) is 0.592. The van der Waals surface area contributed by atoms with Crippen molar-refractivity contribution in [3.05, 3.63) is 59.1 Å². The molecule has 0 aliphatic rings. The molecule has 0 unspecified atom stereocenters. The Hall–Kier alpha value is -2.40. The minimum absolute atomic E-state index is 0.547. The first-order chi connectivity index (χ1) is 10.3. The summed E-state index contributed by atoms with van der Waals surface area (Å²) < 4.78 is 1.73. The molecule has 21 heavy (non-hydrogen) atoms. The third kappa shape index (κ3) is 2.87. The number of tetrazole rings is 1. The van der Waals surface area contributed by atoms with Crippen molar-refractivity contribution < 1.29 is 0 Å². The van der Waals surface area contributed by atoms with E-state index in [1.165, 1.54) is 5.56 Å². The maximum atomic E-state index is 6.22. The molecule has 0 atom stereocenters. The number of anilines is 1. The van der Waals surface area contributed by atoms with Crippen molar-refractivity contribution in [1.82, 2.24) is 20.2 Å². The van der Waals surface area contributed by atoms with Crippen LogP contribution in [0.2, 0.25) is 5.02 Å². The topological polar surface area (TPSA) is 69.6 Å². The molecule has 0 aliphatic carbocycles. The first kappa shape index (κ1) is 13.6. The van der Waals surface area contributed by atoms with Crippen LogP contribution in [0.15, 0.2) is 48.5 Å². The number of benzene rings is 2. The van der Waals surface area contributed by atoms with Crippen LogP contribution in [0, 0.1) is 0 Å². The Morgan fingerprint density at radius 2 is 1.86 bits per heavy atom. The SMILES string of the molecule is Nc1cccc(Cl)c1-c1nnnn1CCc1ccccc1. The largest absolute Gasteiger partial charge is 0.398 e. The van der Waals surface area contributed by atoms with Crippen molar-refractivity contribution in [1.29, 1.82) is 0 Å². The Labute approximate surface area is 127 Å². The second-order valence-corrected chi connectivity index (χ2v) is 5.07. The lowest BCUT2D eigenvalue weighted by molar-refractivity contribution is 0.594. The molecule has 3 rings (SSSR count). The van der Waals surface area contributed by atoms with Crippen LogP contribution in [-0.4, -0.2) is 20.2 Å². The smallest absolute Gasteiger partial charge is 0.185 e. The molecular weight excluding hydrogens is 286 g/mol. The number of hydrogen-bond acceptors (Lipinski definition) is 4. The first-order valence-corrected chi connectivity index (χ1v) is 6.98. The number of nitrogens with zero attached hydrogens (tertiary/aromatic N) is 4. The summed E-state index contributed by atoms with van der Waals surface area (Å²) in [6.07, 6.45) is 0.837. The number of halogens is 1. The summed E-state index contributed by atoms with van der Waals surface area (Å²) in [7, 11) is 0. The number of nitrogen functional groups attached to an aromatic ring is 1. The van der Waals surface area contributed by atoms with Gasteiger partial charge in [0.15, 0.2) is 5.82 Å². The van der Waals surface area contributed by atoms with Gasteiger partial charge >= 0.3 is 0 Å². The molecule has 0 radical (unpaired) electrons. The standard InChI is InChI=1S/C15H14ClN5/c16-12-7-4-8-13(17)14(12)15-18-19-20-21(15)10-9-11-5-2-1-3-6-11/h1-8H,9-10,17H2. The second-order valence-electron chi connectivity index (χ2n) is 4.67. The lowest BCUT2D eigenvalue weighted by Crippen LogP contribution is -2.07. The van der Waals surface area contributed by atoms with E-state index >= 15 is 0 Å². The fourth-order valence-corrected chi connectivity index (χ4v) is 2.46. The molecule has 0 amide bonds. The van der Waals surface area contributed by atoms with E-state index in [1.807, 2.05) is 18.2 Å². The number of aryl methyl sites for hydroxylation is 2. The Bertz CT molecular complexity index is 719. The zero-order valence-corrected chi connectivity index (χ0v) is 12.0. The third-order valence-corrected chi connectivity index (χ3v) is 3.57. The molecular formula is C15H14ClN5. The van der Waals surface area contributed by atoms with Gasteiger partial charge in [0.1, 0.15) is 0 Å². The number of aromatic nitrogens is 4. The summed E-state index contributed by atoms with van der Waals surface area (Å²) in [6.45, 7) is 0.664. The molecule has 0 aliphatic heterocycles. The molecule has 6 heteroatoms. The average Bonchev–Trinajstić information content (AvgIpc) is 2.94. The van der Waals surface area contributed by atoms with Gasteiger partial charge in [0, 0.05) is 12.2 Å². The summed E-state index contributed by atoms with van der Waals surface area (Å²) in [5, 5.41) is 12.4. The predicted molar refractivity (Wildman–Crippen MR) is 82.8 cm³/mol. The Kier molecular flexibility index (Phi) is 3.83. The zero-order chi connectivity index (χ0) is 14.7. The van der Waals surface area contributed by atoms with E-state index in [9.17, 15) is 0 Å². The van der Waals surface area contributed by atoms with Gasteiger partial charge in [0.05, 0.1) is 10.6 Å². The normalized spacial score (nSPS) is 10.7. The van der Waals surface area contributed by atoms with Gasteiger partial charge in [0.2, 0.25) is 0 Å². The van der Waals surface area contributed by atoms with E-state index < -0.39 is 0 Å². The van der Waals surface area contributed by atoms with Crippen LogP contribution in [0.1, 0.15) is 5.56 Å². The minimum atomic E-state index is 0.547. The van der Waals surface area contributed by atoms with E-state index in [2.05, 4.69) is 27.7 Å². The summed E-state index contributed by atoms with van der Waals surface area (Å²) in [6, 6.07) is 15.6. The van der Waals surface area contributed by atoms with Crippen LogP contribution in [0.3, 0.4) is 0 Å². The van der Waals surface area contributed by atoms with E-state index in [1.54, 1.807) is 22.9 Å². The van der Waals surface area contributed by atoms with E-state index in [0.717, 1.165) is 6.42 Å². The average molecular weight is 300 g/mol. The molecule has 0 bridgehead atoms. The Balaban J connectivity index is 1.88. The van der Waals surface area contributed by atoms with Crippen LogP contribution in [0.25, 0.3) is 11.4 Å². The number of rotatable bonds is 4. The van der Waals surface area contributed by atoms with Gasteiger partial charge in [-0.15, -0.1) is 5.10 Å². The fraction of sp³-hybridized carbons (Fsp3) is 0.133. The fourth-order valence-electron chi connectivity index (χ4n) is 2.19. The summed E-state index contributed by atoms with van der Waals surface area (Å²) in [4.78, 5) is 0. The molecule has 1 heterocycles. The lowest BCUT2D eigenvalue weighted by atomic mass is 10.1. The van der Waals surface area contributed by atoms with Crippen molar-refractivity contribution in [3.8, 4) is 11.4 Å². The van der Waals surface area contributed by atoms with E-state index in [-0.39, 0.29) is 0 Å². The maximum absolute atomic E-state index is 6.22. The van der Waals surface area contributed by atoms with E-state index in [0.29, 0.717) is 28.6 Å². The van der Waals surface area contributed by atoms with Crippen molar-refractivity contribution >= 4 is 17.3 Å². The van der Waals surface area contributed by atoms with Crippen LogP contribution in [0.5, 0.6) is 0 Å². The highest BCUT2D eigenvalue weighted by Crippen LogP contribution is 2.31. The number of hydrogen-bond donors (Lipinski definition) is 1. The van der Waals surface area contributed by atoms with E-state index in [4.69, 9.17) is 17.3 Å². The molecule has 3 aromatic rings. The molecule has 1 aromatic heterocycles. The molecule has 0 spiro atoms. The number of nitrogens with two attached hydrogens (primary N) is 1.